The molecular formula is C16H16N4. The Labute approximate surface area is 117 Å². The minimum atomic E-state index is -0.0511. The van der Waals surface area contributed by atoms with Crippen molar-refractivity contribution in [1.29, 1.82) is 0 Å². The van der Waals surface area contributed by atoms with Gasteiger partial charge in [-0.05, 0) is 38.1 Å². The van der Waals surface area contributed by atoms with Crippen molar-refractivity contribution >= 4 is 10.9 Å². The van der Waals surface area contributed by atoms with Crippen molar-refractivity contribution in [2.24, 2.45) is 5.73 Å². The van der Waals surface area contributed by atoms with E-state index in [4.69, 9.17) is 5.73 Å². The van der Waals surface area contributed by atoms with Crippen molar-refractivity contribution in [3.05, 3.63) is 54.0 Å². The third-order valence-corrected chi connectivity index (χ3v) is 3.37. The van der Waals surface area contributed by atoms with E-state index in [1.807, 2.05) is 44.3 Å². The highest BCUT2D eigenvalue weighted by Gasteiger charge is 2.09. The third-order valence-electron chi connectivity index (χ3n) is 3.37. The fraction of sp³-hybridized carbons (Fsp3) is 0.188. The van der Waals surface area contributed by atoms with E-state index >= 15 is 0 Å². The number of hydrogen-bond donors (Lipinski definition) is 1. The van der Waals surface area contributed by atoms with E-state index in [0.717, 1.165) is 33.5 Å². The van der Waals surface area contributed by atoms with Crippen molar-refractivity contribution in [2.75, 3.05) is 0 Å². The van der Waals surface area contributed by atoms with Gasteiger partial charge in [-0.2, -0.15) is 0 Å². The maximum atomic E-state index is 5.89. The molecule has 100 valence electrons. The van der Waals surface area contributed by atoms with E-state index in [-0.39, 0.29) is 6.04 Å². The number of hydrogen-bond acceptors (Lipinski definition) is 4. The summed E-state index contributed by atoms with van der Waals surface area (Å²) in [7, 11) is 0. The summed E-state index contributed by atoms with van der Waals surface area (Å²) >= 11 is 0. The van der Waals surface area contributed by atoms with Crippen LogP contribution in [0.25, 0.3) is 22.3 Å². The van der Waals surface area contributed by atoms with Crippen LogP contribution >= 0.6 is 0 Å². The number of benzene rings is 1. The first-order chi connectivity index (χ1) is 9.65. The van der Waals surface area contributed by atoms with Crippen LogP contribution in [0, 0.1) is 6.92 Å². The summed E-state index contributed by atoms with van der Waals surface area (Å²) < 4.78 is 0. The fourth-order valence-electron chi connectivity index (χ4n) is 2.28. The highest BCUT2D eigenvalue weighted by atomic mass is 14.9. The molecule has 0 aliphatic carbocycles. The first-order valence-corrected chi connectivity index (χ1v) is 6.59. The monoisotopic (exact) mass is 264 g/mol. The molecule has 2 aromatic heterocycles. The van der Waals surface area contributed by atoms with E-state index in [9.17, 15) is 0 Å². The molecule has 0 saturated carbocycles. The average molecular weight is 264 g/mol. The van der Waals surface area contributed by atoms with Crippen LogP contribution in [0.2, 0.25) is 0 Å². The summed E-state index contributed by atoms with van der Waals surface area (Å²) in [5.41, 5.74) is 9.76. The van der Waals surface area contributed by atoms with Gasteiger partial charge in [0.1, 0.15) is 0 Å². The summed E-state index contributed by atoms with van der Waals surface area (Å²) in [6.45, 7) is 3.90. The molecule has 0 radical (unpaired) electrons. The van der Waals surface area contributed by atoms with E-state index in [2.05, 4.69) is 21.0 Å². The Morgan fingerprint density at radius 2 is 2.00 bits per heavy atom. The number of fused-ring (bicyclic) bond motifs is 1. The van der Waals surface area contributed by atoms with Gasteiger partial charge in [-0.15, -0.1) is 0 Å². The number of nitrogens with zero attached hydrogens (tertiary/aromatic N) is 3. The Bertz CT molecular complexity index is 765. The molecule has 3 rings (SSSR count). The lowest BCUT2D eigenvalue weighted by molar-refractivity contribution is 0.790. The summed E-state index contributed by atoms with van der Waals surface area (Å²) in [4.78, 5) is 13.3. The molecule has 4 heteroatoms. The SMILES string of the molecule is Cc1nc(-c2ccc3ncccc3c2)ncc1[C@H](C)N. The first-order valence-electron chi connectivity index (χ1n) is 6.59. The molecule has 20 heavy (non-hydrogen) atoms. The number of nitrogens with two attached hydrogens (primary N) is 1. The average Bonchev–Trinajstić information content (AvgIpc) is 2.46. The summed E-state index contributed by atoms with van der Waals surface area (Å²) in [5.74, 6) is 0.720. The zero-order valence-electron chi connectivity index (χ0n) is 11.5. The quantitative estimate of drug-likeness (QED) is 0.772. The van der Waals surface area contributed by atoms with E-state index in [1.54, 1.807) is 6.20 Å². The molecule has 0 fully saturated rings. The molecule has 2 heterocycles. The molecule has 0 unspecified atom stereocenters. The van der Waals surface area contributed by atoms with Crippen molar-refractivity contribution in [1.82, 2.24) is 15.0 Å². The van der Waals surface area contributed by atoms with Gasteiger partial charge in [-0.25, -0.2) is 9.97 Å². The molecule has 2 N–H and O–H groups in total. The largest absolute Gasteiger partial charge is 0.324 e. The van der Waals surface area contributed by atoms with Gasteiger partial charge in [0.05, 0.1) is 5.52 Å². The predicted molar refractivity (Wildman–Crippen MR) is 80.1 cm³/mol. The van der Waals surface area contributed by atoms with Gasteiger partial charge >= 0.3 is 0 Å². The standard InChI is InChI=1S/C16H16N4/c1-10(17)14-9-19-16(20-11(14)2)13-5-6-15-12(8-13)4-3-7-18-15/h3-10H,17H2,1-2H3/t10-/m0/s1. The Hall–Kier alpha value is -2.33. The lowest BCUT2D eigenvalue weighted by atomic mass is 10.1. The predicted octanol–water partition coefficient (Wildman–Crippen LogP) is 3.02. The molecule has 0 aliphatic heterocycles. The Kier molecular flexibility index (Phi) is 3.16. The molecule has 1 aromatic carbocycles. The molecule has 0 saturated heterocycles. The Morgan fingerprint density at radius 3 is 2.75 bits per heavy atom. The molecule has 0 spiro atoms. The van der Waals surface area contributed by atoms with Crippen LogP contribution in [-0.2, 0) is 0 Å². The molecule has 0 aliphatic rings. The third kappa shape index (κ3) is 2.26. The summed E-state index contributed by atoms with van der Waals surface area (Å²) in [5, 5.41) is 1.09. The second kappa shape index (κ2) is 4.98. The van der Waals surface area contributed by atoms with Gasteiger partial charge in [0.25, 0.3) is 0 Å². The van der Waals surface area contributed by atoms with Gasteiger partial charge in [0.15, 0.2) is 5.82 Å². The Morgan fingerprint density at radius 1 is 1.15 bits per heavy atom. The van der Waals surface area contributed by atoms with Crippen LogP contribution in [0.3, 0.4) is 0 Å². The number of rotatable bonds is 2. The van der Waals surface area contributed by atoms with Gasteiger partial charge < -0.3 is 5.73 Å². The highest BCUT2D eigenvalue weighted by Crippen LogP contribution is 2.22. The minimum absolute atomic E-state index is 0.0511. The topological polar surface area (TPSA) is 64.7 Å². The summed E-state index contributed by atoms with van der Waals surface area (Å²) in [6, 6.07) is 9.96. The lowest BCUT2D eigenvalue weighted by Crippen LogP contribution is -2.09. The van der Waals surface area contributed by atoms with E-state index in [0.29, 0.717) is 0 Å². The van der Waals surface area contributed by atoms with E-state index < -0.39 is 0 Å². The molecule has 0 bridgehead atoms. The van der Waals surface area contributed by atoms with Crippen LogP contribution in [0.15, 0.2) is 42.7 Å². The molecular weight excluding hydrogens is 248 g/mol. The normalized spacial score (nSPS) is 12.6. The lowest BCUT2D eigenvalue weighted by Gasteiger charge is -2.10. The van der Waals surface area contributed by atoms with Crippen molar-refractivity contribution in [2.45, 2.75) is 19.9 Å². The fourth-order valence-corrected chi connectivity index (χ4v) is 2.28. The first kappa shape index (κ1) is 12.7. The van der Waals surface area contributed by atoms with Gasteiger partial charge in [0, 0.05) is 40.6 Å². The minimum Gasteiger partial charge on any atom is -0.324 e. The van der Waals surface area contributed by atoms with E-state index in [1.165, 1.54) is 0 Å². The van der Waals surface area contributed by atoms with Gasteiger partial charge in [-0.1, -0.05) is 6.07 Å². The number of pyridine rings is 1. The molecule has 3 aromatic rings. The Balaban J connectivity index is 2.08. The van der Waals surface area contributed by atoms with Crippen molar-refractivity contribution < 1.29 is 0 Å². The zero-order chi connectivity index (χ0) is 14.1. The zero-order valence-corrected chi connectivity index (χ0v) is 11.5. The highest BCUT2D eigenvalue weighted by molar-refractivity contribution is 5.83. The second-order valence-electron chi connectivity index (χ2n) is 4.93. The van der Waals surface area contributed by atoms with Gasteiger partial charge in [-0.3, -0.25) is 4.98 Å². The number of aryl methyl sites for hydroxylation is 1. The van der Waals surface area contributed by atoms with Crippen LogP contribution in [-0.4, -0.2) is 15.0 Å². The summed E-state index contributed by atoms with van der Waals surface area (Å²) in [6.07, 6.45) is 3.61. The van der Waals surface area contributed by atoms with Crippen molar-refractivity contribution in [3.63, 3.8) is 0 Å². The van der Waals surface area contributed by atoms with Crippen LogP contribution in [0.4, 0.5) is 0 Å². The van der Waals surface area contributed by atoms with Crippen LogP contribution < -0.4 is 5.73 Å². The maximum absolute atomic E-state index is 5.89. The second-order valence-corrected chi connectivity index (χ2v) is 4.93. The van der Waals surface area contributed by atoms with Crippen molar-refractivity contribution in [3.8, 4) is 11.4 Å². The molecule has 0 amide bonds. The molecule has 4 nitrogen and oxygen atoms in total. The molecule has 1 atom stereocenters. The smallest absolute Gasteiger partial charge is 0.159 e. The maximum Gasteiger partial charge on any atom is 0.159 e. The van der Waals surface area contributed by atoms with Crippen LogP contribution in [0.5, 0.6) is 0 Å². The van der Waals surface area contributed by atoms with Crippen LogP contribution in [0.1, 0.15) is 24.2 Å². The van der Waals surface area contributed by atoms with Gasteiger partial charge in [0.2, 0.25) is 0 Å². The number of aromatic nitrogens is 3.